The van der Waals surface area contributed by atoms with Gasteiger partial charge in [0.1, 0.15) is 17.2 Å². The molecule has 1 aromatic rings. The zero-order valence-corrected chi connectivity index (χ0v) is 11.2. The molecule has 0 atom stereocenters. The molecule has 0 radical (unpaired) electrons. The Morgan fingerprint density at radius 2 is 2.29 bits per heavy atom. The van der Waals surface area contributed by atoms with E-state index >= 15 is 0 Å². The maximum absolute atomic E-state index is 5.46. The molecule has 1 aromatic heterocycles. The number of nitrogens with one attached hydrogen (secondary N) is 1. The molecule has 0 unspecified atom stereocenters. The standard InChI is InChI=1S/C11H20N4OS/c1-3-5-9-10(15-12)13-8-14-11(9)17-7-4-6-16-2/h8H,3-7,12H2,1-2H3,(H,13,14,15). The van der Waals surface area contributed by atoms with Crippen LogP contribution in [0.4, 0.5) is 5.82 Å². The molecule has 0 amide bonds. The lowest BCUT2D eigenvalue weighted by molar-refractivity contribution is 0.200. The summed E-state index contributed by atoms with van der Waals surface area (Å²) in [6.45, 7) is 2.91. The van der Waals surface area contributed by atoms with Gasteiger partial charge in [0.2, 0.25) is 0 Å². The number of aromatic nitrogens is 2. The SMILES string of the molecule is CCCc1c(NN)ncnc1SCCCOC. The van der Waals surface area contributed by atoms with E-state index in [1.807, 2.05) is 0 Å². The third kappa shape index (κ3) is 4.49. The predicted molar refractivity (Wildman–Crippen MR) is 71.1 cm³/mol. The molecule has 0 aliphatic rings. The Morgan fingerprint density at radius 3 is 2.94 bits per heavy atom. The Morgan fingerprint density at radius 1 is 1.47 bits per heavy atom. The Hall–Kier alpha value is -0.850. The minimum absolute atomic E-state index is 0.732. The summed E-state index contributed by atoms with van der Waals surface area (Å²) >= 11 is 1.73. The van der Waals surface area contributed by atoms with E-state index in [1.54, 1.807) is 25.2 Å². The summed E-state index contributed by atoms with van der Waals surface area (Å²) in [4.78, 5) is 8.45. The van der Waals surface area contributed by atoms with Crippen molar-refractivity contribution in [1.82, 2.24) is 9.97 Å². The van der Waals surface area contributed by atoms with Gasteiger partial charge in [-0.3, -0.25) is 0 Å². The predicted octanol–water partition coefficient (Wildman–Crippen LogP) is 1.84. The average Bonchev–Trinajstić information content (AvgIpc) is 2.36. The highest BCUT2D eigenvalue weighted by atomic mass is 32.2. The van der Waals surface area contributed by atoms with Crippen molar-refractivity contribution in [2.24, 2.45) is 5.84 Å². The number of hydrogen-bond acceptors (Lipinski definition) is 6. The van der Waals surface area contributed by atoms with Crippen LogP contribution >= 0.6 is 11.8 Å². The molecule has 3 N–H and O–H groups in total. The van der Waals surface area contributed by atoms with Crippen molar-refractivity contribution in [2.75, 3.05) is 24.9 Å². The Labute approximate surface area is 107 Å². The van der Waals surface area contributed by atoms with Crippen molar-refractivity contribution in [2.45, 2.75) is 31.2 Å². The number of methoxy groups -OCH3 is 1. The highest BCUT2D eigenvalue weighted by molar-refractivity contribution is 7.99. The molecule has 0 saturated heterocycles. The zero-order valence-electron chi connectivity index (χ0n) is 10.4. The first kappa shape index (κ1) is 14.2. The van der Waals surface area contributed by atoms with Crippen LogP contribution < -0.4 is 11.3 Å². The van der Waals surface area contributed by atoms with Gasteiger partial charge in [-0.15, -0.1) is 11.8 Å². The van der Waals surface area contributed by atoms with Gasteiger partial charge in [0.15, 0.2) is 0 Å². The molecule has 0 bridgehead atoms. The van der Waals surface area contributed by atoms with Crippen molar-refractivity contribution in [3.05, 3.63) is 11.9 Å². The lowest BCUT2D eigenvalue weighted by atomic mass is 10.2. The van der Waals surface area contributed by atoms with E-state index in [1.165, 1.54) is 0 Å². The first-order chi connectivity index (χ1) is 8.33. The lowest BCUT2D eigenvalue weighted by Gasteiger charge is -2.11. The molecular formula is C11H20N4OS. The second kappa shape index (κ2) is 8.27. The fourth-order valence-corrected chi connectivity index (χ4v) is 2.44. The Balaban J connectivity index is 2.68. The van der Waals surface area contributed by atoms with E-state index in [2.05, 4.69) is 22.3 Å². The Bertz CT molecular complexity index is 335. The molecule has 0 aliphatic heterocycles. The molecule has 1 rings (SSSR count). The van der Waals surface area contributed by atoms with Gasteiger partial charge in [-0.05, 0) is 12.8 Å². The van der Waals surface area contributed by atoms with Crippen molar-refractivity contribution in [3.63, 3.8) is 0 Å². The number of nitrogens with two attached hydrogens (primary N) is 1. The van der Waals surface area contributed by atoms with E-state index in [0.29, 0.717) is 0 Å². The first-order valence-corrected chi connectivity index (χ1v) is 6.74. The minimum atomic E-state index is 0.732. The van der Waals surface area contributed by atoms with Crippen molar-refractivity contribution in [3.8, 4) is 0 Å². The zero-order chi connectivity index (χ0) is 12.5. The maximum Gasteiger partial charge on any atom is 0.147 e. The molecular weight excluding hydrogens is 236 g/mol. The monoisotopic (exact) mass is 256 g/mol. The van der Waals surface area contributed by atoms with Gasteiger partial charge in [-0.1, -0.05) is 13.3 Å². The fraction of sp³-hybridized carbons (Fsp3) is 0.636. The third-order valence-corrected chi connectivity index (χ3v) is 3.39. The average molecular weight is 256 g/mol. The van der Waals surface area contributed by atoms with Gasteiger partial charge in [-0.2, -0.15) is 0 Å². The van der Waals surface area contributed by atoms with Crippen LogP contribution in [0.3, 0.4) is 0 Å². The summed E-state index contributed by atoms with van der Waals surface area (Å²) in [5, 5.41) is 1.02. The summed E-state index contributed by atoms with van der Waals surface area (Å²) < 4.78 is 5.02. The smallest absolute Gasteiger partial charge is 0.147 e. The topological polar surface area (TPSA) is 73.1 Å². The molecule has 0 aliphatic carbocycles. The van der Waals surface area contributed by atoms with Gasteiger partial charge < -0.3 is 10.2 Å². The number of rotatable bonds is 8. The normalized spacial score (nSPS) is 10.5. The van der Waals surface area contributed by atoms with Crippen molar-refractivity contribution in [1.29, 1.82) is 0 Å². The minimum Gasteiger partial charge on any atom is -0.385 e. The third-order valence-electron chi connectivity index (χ3n) is 2.27. The second-order valence-corrected chi connectivity index (χ2v) is 4.68. The summed E-state index contributed by atoms with van der Waals surface area (Å²) in [7, 11) is 1.72. The first-order valence-electron chi connectivity index (χ1n) is 5.75. The van der Waals surface area contributed by atoms with E-state index in [0.717, 1.165) is 48.0 Å². The fourth-order valence-electron chi connectivity index (χ4n) is 1.49. The van der Waals surface area contributed by atoms with Crippen LogP contribution in [0, 0.1) is 0 Å². The van der Waals surface area contributed by atoms with E-state index < -0.39 is 0 Å². The largest absolute Gasteiger partial charge is 0.385 e. The van der Waals surface area contributed by atoms with Crippen LogP contribution in [-0.4, -0.2) is 29.4 Å². The number of nitrogen functional groups attached to an aromatic ring is 1. The summed E-state index contributed by atoms with van der Waals surface area (Å²) in [5.41, 5.74) is 3.74. The van der Waals surface area contributed by atoms with Crippen LogP contribution in [0.25, 0.3) is 0 Å². The molecule has 0 fully saturated rings. The number of hydrazine groups is 1. The van der Waals surface area contributed by atoms with Gasteiger partial charge in [-0.25, -0.2) is 15.8 Å². The number of hydrogen-bond donors (Lipinski definition) is 2. The molecule has 6 heteroatoms. The van der Waals surface area contributed by atoms with Crippen LogP contribution in [0.5, 0.6) is 0 Å². The highest BCUT2D eigenvalue weighted by Crippen LogP contribution is 2.26. The van der Waals surface area contributed by atoms with Crippen LogP contribution in [0.2, 0.25) is 0 Å². The quantitative estimate of drug-likeness (QED) is 0.243. The van der Waals surface area contributed by atoms with Crippen LogP contribution in [0.1, 0.15) is 25.3 Å². The van der Waals surface area contributed by atoms with Gasteiger partial charge >= 0.3 is 0 Å². The highest BCUT2D eigenvalue weighted by Gasteiger charge is 2.10. The van der Waals surface area contributed by atoms with E-state index in [4.69, 9.17) is 10.6 Å². The van der Waals surface area contributed by atoms with Gasteiger partial charge in [0, 0.05) is 25.0 Å². The molecule has 96 valence electrons. The molecule has 0 saturated carbocycles. The number of thioether (sulfide) groups is 1. The van der Waals surface area contributed by atoms with E-state index in [9.17, 15) is 0 Å². The van der Waals surface area contributed by atoms with Crippen LogP contribution in [-0.2, 0) is 11.2 Å². The maximum atomic E-state index is 5.46. The molecule has 1 heterocycles. The summed E-state index contributed by atoms with van der Waals surface area (Å²) in [6, 6.07) is 0. The van der Waals surface area contributed by atoms with Gasteiger partial charge in [0.25, 0.3) is 0 Å². The second-order valence-electron chi connectivity index (χ2n) is 3.60. The van der Waals surface area contributed by atoms with Crippen LogP contribution in [0.15, 0.2) is 11.4 Å². The number of ether oxygens (including phenoxy) is 1. The summed E-state index contributed by atoms with van der Waals surface area (Å²) in [5.74, 6) is 7.18. The number of anilines is 1. The summed E-state index contributed by atoms with van der Waals surface area (Å²) in [6.07, 6.45) is 4.55. The number of nitrogens with zero attached hydrogens (tertiary/aromatic N) is 2. The molecule has 0 aromatic carbocycles. The molecule has 17 heavy (non-hydrogen) atoms. The van der Waals surface area contributed by atoms with Gasteiger partial charge in [0.05, 0.1) is 0 Å². The van der Waals surface area contributed by atoms with Crippen molar-refractivity contribution < 1.29 is 4.74 Å². The Kier molecular flexibility index (Phi) is 6.91. The molecule has 0 spiro atoms. The van der Waals surface area contributed by atoms with Crippen molar-refractivity contribution >= 4 is 17.6 Å². The molecule has 5 nitrogen and oxygen atoms in total. The lowest BCUT2D eigenvalue weighted by Crippen LogP contribution is -2.12. The van der Waals surface area contributed by atoms with E-state index in [-0.39, 0.29) is 0 Å².